The molecule has 14 heavy (non-hydrogen) atoms. The summed E-state index contributed by atoms with van der Waals surface area (Å²) in [6.07, 6.45) is 1.83. The summed E-state index contributed by atoms with van der Waals surface area (Å²) in [6.45, 7) is 0. The van der Waals surface area contributed by atoms with Gasteiger partial charge in [-0.15, -0.1) is 0 Å². The first-order valence-electron chi connectivity index (χ1n) is 4.17. The van der Waals surface area contributed by atoms with E-state index < -0.39 is 0 Å². The molecule has 2 nitrogen and oxygen atoms in total. The number of hydrogen-bond acceptors (Lipinski definition) is 2. The normalized spacial score (nSPS) is 10.1. The Morgan fingerprint density at radius 2 is 1.57 bits per heavy atom. The molecule has 0 atom stereocenters. The summed E-state index contributed by atoms with van der Waals surface area (Å²) >= 11 is 2.17. The predicted octanol–water partition coefficient (Wildman–Crippen LogP) is 3.06. The number of aromatic nitrogens is 1. The maximum absolute atomic E-state index is 9.13. The molecule has 1 heterocycles. The standard InChI is InChI=1S/C11H8INO/c12-11-6-3-9(7-13-11)8-1-4-10(14)5-2-8/h1-7,14H. The SMILES string of the molecule is Oc1ccc(-c2ccc(I)nc2)cc1. The van der Waals surface area contributed by atoms with E-state index in [0.29, 0.717) is 0 Å². The van der Waals surface area contributed by atoms with Crippen molar-refractivity contribution in [3.05, 3.63) is 46.3 Å². The summed E-state index contributed by atoms with van der Waals surface area (Å²) in [5, 5.41) is 9.13. The van der Waals surface area contributed by atoms with Crippen LogP contribution in [0, 0.1) is 3.70 Å². The highest BCUT2D eigenvalue weighted by Gasteiger charge is 1.97. The number of phenolic OH excluding ortho intramolecular Hbond substituents is 1. The molecule has 0 saturated heterocycles. The molecule has 2 rings (SSSR count). The molecular weight excluding hydrogens is 289 g/mol. The molecule has 0 bridgehead atoms. The van der Waals surface area contributed by atoms with Gasteiger partial charge >= 0.3 is 0 Å². The highest BCUT2D eigenvalue weighted by molar-refractivity contribution is 14.1. The maximum atomic E-state index is 9.13. The van der Waals surface area contributed by atoms with Gasteiger partial charge in [-0.1, -0.05) is 18.2 Å². The summed E-state index contributed by atoms with van der Waals surface area (Å²) in [5.41, 5.74) is 2.12. The van der Waals surface area contributed by atoms with Gasteiger partial charge in [0.2, 0.25) is 0 Å². The van der Waals surface area contributed by atoms with E-state index in [1.54, 1.807) is 12.1 Å². The van der Waals surface area contributed by atoms with Crippen molar-refractivity contribution >= 4 is 22.6 Å². The molecule has 0 unspecified atom stereocenters. The summed E-state index contributed by atoms with van der Waals surface area (Å²) in [4.78, 5) is 4.20. The second-order valence-corrected chi connectivity index (χ2v) is 4.02. The van der Waals surface area contributed by atoms with Crippen LogP contribution in [-0.2, 0) is 0 Å². The van der Waals surface area contributed by atoms with E-state index in [1.165, 1.54) is 0 Å². The van der Waals surface area contributed by atoms with Gasteiger partial charge in [0.1, 0.15) is 9.45 Å². The largest absolute Gasteiger partial charge is 0.508 e. The molecule has 2 aromatic rings. The van der Waals surface area contributed by atoms with Gasteiger partial charge in [-0.25, -0.2) is 4.98 Å². The van der Waals surface area contributed by atoms with Crippen molar-refractivity contribution in [3.8, 4) is 16.9 Å². The van der Waals surface area contributed by atoms with Crippen LogP contribution in [0.25, 0.3) is 11.1 Å². The molecular formula is C11H8INO. The van der Waals surface area contributed by atoms with E-state index in [0.717, 1.165) is 14.8 Å². The fourth-order valence-electron chi connectivity index (χ4n) is 1.20. The average Bonchev–Trinajstić information content (AvgIpc) is 2.21. The topological polar surface area (TPSA) is 33.1 Å². The number of phenols is 1. The van der Waals surface area contributed by atoms with Crippen molar-refractivity contribution in [2.24, 2.45) is 0 Å². The van der Waals surface area contributed by atoms with Crippen molar-refractivity contribution in [1.29, 1.82) is 0 Å². The molecule has 3 heteroatoms. The first-order valence-corrected chi connectivity index (χ1v) is 5.24. The predicted molar refractivity (Wildman–Crippen MR) is 64.1 cm³/mol. The molecule has 0 aliphatic rings. The molecule has 1 aromatic carbocycles. The van der Waals surface area contributed by atoms with Crippen molar-refractivity contribution in [2.45, 2.75) is 0 Å². The molecule has 0 amide bonds. The minimum Gasteiger partial charge on any atom is -0.508 e. The molecule has 0 fully saturated rings. The monoisotopic (exact) mass is 297 g/mol. The van der Waals surface area contributed by atoms with Crippen molar-refractivity contribution in [1.82, 2.24) is 4.98 Å². The highest BCUT2D eigenvalue weighted by atomic mass is 127. The van der Waals surface area contributed by atoms with Gasteiger partial charge in [0.05, 0.1) is 0 Å². The third-order valence-corrected chi connectivity index (χ3v) is 2.57. The summed E-state index contributed by atoms with van der Waals surface area (Å²) in [6, 6.07) is 11.1. The lowest BCUT2D eigenvalue weighted by atomic mass is 10.1. The smallest absolute Gasteiger partial charge is 0.115 e. The molecule has 0 saturated carbocycles. The van der Waals surface area contributed by atoms with E-state index in [1.807, 2.05) is 30.5 Å². The van der Waals surface area contributed by atoms with Crippen LogP contribution < -0.4 is 0 Å². The number of rotatable bonds is 1. The Labute approximate surface area is 95.8 Å². The van der Waals surface area contributed by atoms with Gasteiger partial charge < -0.3 is 5.11 Å². The molecule has 0 aliphatic heterocycles. The van der Waals surface area contributed by atoms with Crippen molar-refractivity contribution in [2.75, 3.05) is 0 Å². The number of hydrogen-bond donors (Lipinski definition) is 1. The Kier molecular flexibility index (Phi) is 2.67. The number of benzene rings is 1. The highest BCUT2D eigenvalue weighted by Crippen LogP contribution is 2.21. The number of aromatic hydroxyl groups is 1. The van der Waals surface area contributed by atoms with E-state index in [4.69, 9.17) is 5.11 Å². The maximum Gasteiger partial charge on any atom is 0.115 e. The molecule has 1 aromatic heterocycles. The third kappa shape index (κ3) is 2.04. The van der Waals surface area contributed by atoms with Crippen LogP contribution >= 0.6 is 22.6 Å². The van der Waals surface area contributed by atoms with Crippen LogP contribution in [0.15, 0.2) is 42.6 Å². The quantitative estimate of drug-likeness (QED) is 0.648. The molecule has 1 N–H and O–H groups in total. The van der Waals surface area contributed by atoms with Gasteiger partial charge in [0.25, 0.3) is 0 Å². The van der Waals surface area contributed by atoms with Gasteiger partial charge in [0, 0.05) is 11.8 Å². The molecule has 0 spiro atoms. The van der Waals surface area contributed by atoms with Crippen molar-refractivity contribution in [3.63, 3.8) is 0 Å². The molecule has 70 valence electrons. The number of nitrogens with zero attached hydrogens (tertiary/aromatic N) is 1. The van der Waals surface area contributed by atoms with Crippen LogP contribution in [-0.4, -0.2) is 10.1 Å². The molecule has 0 radical (unpaired) electrons. The van der Waals surface area contributed by atoms with Crippen molar-refractivity contribution < 1.29 is 5.11 Å². The van der Waals surface area contributed by atoms with Crippen LogP contribution in [0.3, 0.4) is 0 Å². The minimum atomic E-state index is 0.284. The van der Waals surface area contributed by atoms with Gasteiger partial charge in [-0.3, -0.25) is 0 Å². The first-order chi connectivity index (χ1) is 6.75. The lowest BCUT2D eigenvalue weighted by Crippen LogP contribution is -1.81. The van der Waals surface area contributed by atoms with E-state index >= 15 is 0 Å². The summed E-state index contributed by atoms with van der Waals surface area (Å²) in [7, 11) is 0. The van der Waals surface area contributed by atoms with E-state index in [-0.39, 0.29) is 5.75 Å². The van der Waals surface area contributed by atoms with Crippen LogP contribution in [0.5, 0.6) is 5.75 Å². The fraction of sp³-hybridized carbons (Fsp3) is 0. The van der Waals surface area contributed by atoms with E-state index in [9.17, 15) is 0 Å². The van der Waals surface area contributed by atoms with Gasteiger partial charge in [-0.2, -0.15) is 0 Å². The van der Waals surface area contributed by atoms with E-state index in [2.05, 4.69) is 27.6 Å². The first kappa shape index (κ1) is 9.45. The Balaban J connectivity index is 2.40. The lowest BCUT2D eigenvalue weighted by molar-refractivity contribution is 0.475. The Bertz CT molecular complexity index is 379. The third-order valence-electron chi connectivity index (χ3n) is 1.93. The number of halogens is 1. The Hall–Kier alpha value is -1.10. The van der Waals surface area contributed by atoms with Crippen LogP contribution in [0.2, 0.25) is 0 Å². The molecule has 0 aliphatic carbocycles. The second-order valence-electron chi connectivity index (χ2n) is 2.92. The van der Waals surface area contributed by atoms with Crippen LogP contribution in [0.4, 0.5) is 0 Å². The Morgan fingerprint density at radius 1 is 0.929 bits per heavy atom. The van der Waals surface area contributed by atoms with Gasteiger partial charge in [0.15, 0.2) is 0 Å². The zero-order valence-electron chi connectivity index (χ0n) is 7.31. The summed E-state index contributed by atoms with van der Waals surface area (Å²) < 4.78 is 0.977. The minimum absolute atomic E-state index is 0.284. The number of pyridine rings is 1. The fourth-order valence-corrected chi connectivity index (χ4v) is 1.52. The Morgan fingerprint density at radius 3 is 2.14 bits per heavy atom. The van der Waals surface area contributed by atoms with Crippen LogP contribution in [0.1, 0.15) is 0 Å². The summed E-state index contributed by atoms with van der Waals surface area (Å²) in [5.74, 6) is 0.284. The average molecular weight is 297 g/mol. The zero-order valence-corrected chi connectivity index (χ0v) is 9.47. The lowest BCUT2D eigenvalue weighted by Gasteiger charge is -2.00. The second kappa shape index (κ2) is 3.96. The zero-order chi connectivity index (χ0) is 9.97. The van der Waals surface area contributed by atoms with Gasteiger partial charge in [-0.05, 0) is 46.4 Å².